The standard InChI is InChI=1S/C27H30N2O4/c1-15(2)16-5-7-17(8-6-16)26-25-21(13-27(3,4)14-23(25)31)28-20-11-18(9-10-19(20)29-26)22(30)12-24(32)33/h5-11,15,26,28-29H,12-14H2,1-4H3,(H,32,33). The van der Waals surface area contributed by atoms with Crippen LogP contribution in [0.3, 0.4) is 0 Å². The number of hydrogen-bond acceptors (Lipinski definition) is 5. The molecule has 0 saturated carbocycles. The van der Waals surface area contributed by atoms with E-state index in [0.717, 1.165) is 22.5 Å². The van der Waals surface area contributed by atoms with Crippen molar-refractivity contribution in [1.29, 1.82) is 0 Å². The van der Waals surface area contributed by atoms with Gasteiger partial charge in [0.2, 0.25) is 0 Å². The summed E-state index contributed by atoms with van der Waals surface area (Å²) >= 11 is 0. The molecule has 172 valence electrons. The van der Waals surface area contributed by atoms with Gasteiger partial charge in [0.1, 0.15) is 6.42 Å². The minimum atomic E-state index is -1.16. The molecule has 1 heterocycles. The second-order valence-electron chi connectivity index (χ2n) is 10.1. The van der Waals surface area contributed by atoms with E-state index < -0.39 is 18.2 Å². The summed E-state index contributed by atoms with van der Waals surface area (Å²) in [6.45, 7) is 8.45. The zero-order valence-corrected chi connectivity index (χ0v) is 19.5. The van der Waals surface area contributed by atoms with E-state index in [9.17, 15) is 14.4 Å². The normalized spacial score (nSPS) is 19.2. The Morgan fingerprint density at radius 2 is 1.76 bits per heavy atom. The molecule has 0 radical (unpaired) electrons. The van der Waals surface area contributed by atoms with Gasteiger partial charge < -0.3 is 15.7 Å². The van der Waals surface area contributed by atoms with Crippen LogP contribution in [0.5, 0.6) is 0 Å². The second-order valence-corrected chi connectivity index (χ2v) is 10.1. The lowest BCUT2D eigenvalue weighted by Crippen LogP contribution is -2.31. The van der Waals surface area contributed by atoms with Gasteiger partial charge in [0, 0.05) is 23.3 Å². The number of Topliss-reactive ketones (excluding diaryl/α,β-unsaturated/α-hetero) is 2. The maximum atomic E-state index is 13.3. The first-order valence-corrected chi connectivity index (χ1v) is 11.3. The number of carboxylic acids is 1. The number of fused-ring (bicyclic) bond motifs is 1. The molecule has 0 fully saturated rings. The van der Waals surface area contributed by atoms with E-state index in [1.807, 2.05) is 0 Å². The third-order valence-corrected chi connectivity index (χ3v) is 6.38. The molecule has 2 aromatic rings. The largest absolute Gasteiger partial charge is 0.481 e. The number of nitrogens with one attached hydrogen (secondary N) is 2. The number of carbonyl (C=O) groups excluding carboxylic acids is 2. The third kappa shape index (κ3) is 4.70. The van der Waals surface area contributed by atoms with Crippen LogP contribution in [0, 0.1) is 5.41 Å². The van der Waals surface area contributed by atoms with Gasteiger partial charge in [-0.25, -0.2) is 0 Å². The van der Waals surface area contributed by atoms with Crippen LogP contribution in [0.2, 0.25) is 0 Å². The van der Waals surface area contributed by atoms with E-state index in [0.29, 0.717) is 30.0 Å². The Bertz CT molecular complexity index is 1160. The Labute approximate surface area is 194 Å². The average Bonchev–Trinajstić information content (AvgIpc) is 2.88. The van der Waals surface area contributed by atoms with Crippen LogP contribution >= 0.6 is 0 Å². The van der Waals surface area contributed by atoms with Crippen molar-refractivity contribution in [2.75, 3.05) is 10.6 Å². The molecule has 1 unspecified atom stereocenters. The molecule has 1 aliphatic heterocycles. The predicted molar refractivity (Wildman–Crippen MR) is 129 cm³/mol. The summed E-state index contributed by atoms with van der Waals surface area (Å²) in [6, 6.07) is 13.1. The number of anilines is 2. The molecular weight excluding hydrogens is 416 g/mol. The van der Waals surface area contributed by atoms with Crippen LogP contribution in [-0.2, 0) is 9.59 Å². The SMILES string of the molecule is CC(C)c1ccc(C2Nc3ccc(C(=O)CC(=O)O)cc3NC3=C2C(=O)CC(C)(C)C3)cc1. The number of aliphatic carboxylic acids is 1. The van der Waals surface area contributed by atoms with Crippen molar-refractivity contribution in [3.8, 4) is 0 Å². The van der Waals surface area contributed by atoms with Crippen LogP contribution in [0.15, 0.2) is 53.7 Å². The molecule has 0 bridgehead atoms. The van der Waals surface area contributed by atoms with E-state index in [2.05, 4.69) is 62.6 Å². The van der Waals surface area contributed by atoms with Crippen LogP contribution < -0.4 is 10.6 Å². The minimum Gasteiger partial charge on any atom is -0.481 e. The number of benzene rings is 2. The summed E-state index contributed by atoms with van der Waals surface area (Å²) < 4.78 is 0. The lowest BCUT2D eigenvalue weighted by Gasteiger charge is -2.34. The minimum absolute atomic E-state index is 0.106. The van der Waals surface area contributed by atoms with Gasteiger partial charge in [-0.05, 0) is 47.1 Å². The molecule has 0 aromatic heterocycles. The van der Waals surface area contributed by atoms with Crippen molar-refractivity contribution in [1.82, 2.24) is 0 Å². The van der Waals surface area contributed by atoms with Gasteiger partial charge in [-0.2, -0.15) is 0 Å². The van der Waals surface area contributed by atoms with Crippen molar-refractivity contribution < 1.29 is 19.5 Å². The van der Waals surface area contributed by atoms with E-state index in [-0.39, 0.29) is 17.2 Å². The molecular formula is C27H30N2O4. The predicted octanol–water partition coefficient (Wildman–Crippen LogP) is 5.69. The average molecular weight is 447 g/mol. The van der Waals surface area contributed by atoms with Crippen molar-refractivity contribution in [2.45, 2.75) is 58.9 Å². The first kappa shape index (κ1) is 22.8. The molecule has 0 spiro atoms. The molecule has 1 aliphatic carbocycles. The summed E-state index contributed by atoms with van der Waals surface area (Å²) in [5, 5.41) is 15.9. The Hall–Kier alpha value is -3.41. The van der Waals surface area contributed by atoms with Gasteiger partial charge in [0.15, 0.2) is 11.6 Å². The summed E-state index contributed by atoms with van der Waals surface area (Å²) in [5.74, 6) is -1.09. The lowest BCUT2D eigenvalue weighted by molar-refractivity contribution is -0.136. The highest BCUT2D eigenvalue weighted by Crippen LogP contribution is 2.45. The number of ketones is 2. The van der Waals surface area contributed by atoms with Crippen molar-refractivity contribution in [3.63, 3.8) is 0 Å². The molecule has 3 N–H and O–H groups in total. The fourth-order valence-corrected chi connectivity index (χ4v) is 4.68. The third-order valence-electron chi connectivity index (χ3n) is 6.38. The van der Waals surface area contributed by atoms with Crippen LogP contribution in [0.25, 0.3) is 0 Å². The maximum Gasteiger partial charge on any atom is 0.311 e. The molecule has 1 atom stereocenters. The lowest BCUT2D eigenvalue weighted by atomic mass is 9.73. The monoisotopic (exact) mass is 446 g/mol. The summed E-state index contributed by atoms with van der Waals surface area (Å²) in [6.07, 6.45) is 0.605. The van der Waals surface area contributed by atoms with Crippen LogP contribution in [0.4, 0.5) is 11.4 Å². The van der Waals surface area contributed by atoms with Gasteiger partial charge in [-0.15, -0.1) is 0 Å². The highest BCUT2D eigenvalue weighted by Gasteiger charge is 2.38. The molecule has 0 amide bonds. The van der Waals surface area contributed by atoms with Gasteiger partial charge in [0.05, 0.1) is 17.4 Å². The summed E-state index contributed by atoms with van der Waals surface area (Å²) in [7, 11) is 0. The van der Waals surface area contributed by atoms with E-state index >= 15 is 0 Å². The van der Waals surface area contributed by atoms with E-state index in [1.165, 1.54) is 5.56 Å². The van der Waals surface area contributed by atoms with Crippen molar-refractivity contribution >= 4 is 28.9 Å². The highest BCUT2D eigenvalue weighted by atomic mass is 16.4. The van der Waals surface area contributed by atoms with Crippen molar-refractivity contribution in [2.24, 2.45) is 5.41 Å². The number of carboxylic acid groups (broad SMARTS) is 1. The zero-order chi connectivity index (χ0) is 23.9. The molecule has 0 saturated heterocycles. The van der Waals surface area contributed by atoms with E-state index in [4.69, 9.17) is 5.11 Å². The van der Waals surface area contributed by atoms with Gasteiger partial charge in [-0.1, -0.05) is 52.0 Å². The van der Waals surface area contributed by atoms with Gasteiger partial charge >= 0.3 is 5.97 Å². The van der Waals surface area contributed by atoms with Gasteiger partial charge in [-0.3, -0.25) is 14.4 Å². The number of allylic oxidation sites excluding steroid dienone is 1. The number of hydrogen-bond donors (Lipinski definition) is 3. The Kier molecular flexibility index (Phi) is 5.87. The highest BCUT2D eigenvalue weighted by molar-refractivity contribution is 6.07. The first-order valence-electron chi connectivity index (χ1n) is 11.3. The Morgan fingerprint density at radius 1 is 1.06 bits per heavy atom. The Balaban J connectivity index is 1.80. The smallest absolute Gasteiger partial charge is 0.311 e. The quantitative estimate of drug-likeness (QED) is 0.403. The molecule has 2 aliphatic rings. The first-order chi connectivity index (χ1) is 15.5. The van der Waals surface area contributed by atoms with Crippen LogP contribution in [-0.4, -0.2) is 22.6 Å². The molecule has 33 heavy (non-hydrogen) atoms. The van der Waals surface area contributed by atoms with E-state index in [1.54, 1.807) is 18.2 Å². The molecule has 2 aromatic carbocycles. The zero-order valence-electron chi connectivity index (χ0n) is 19.5. The summed E-state index contributed by atoms with van der Waals surface area (Å²) in [4.78, 5) is 36.7. The number of rotatable bonds is 5. The molecule has 6 nitrogen and oxygen atoms in total. The Morgan fingerprint density at radius 3 is 2.39 bits per heavy atom. The van der Waals surface area contributed by atoms with Crippen LogP contribution in [0.1, 0.15) is 80.4 Å². The van der Waals surface area contributed by atoms with Gasteiger partial charge in [0.25, 0.3) is 0 Å². The fourth-order valence-electron chi connectivity index (χ4n) is 4.68. The second kappa shape index (κ2) is 8.50. The molecule has 6 heteroatoms. The summed E-state index contributed by atoms with van der Waals surface area (Å²) in [5.41, 5.74) is 5.39. The molecule has 4 rings (SSSR count). The van der Waals surface area contributed by atoms with Crippen molar-refractivity contribution in [3.05, 3.63) is 70.4 Å². The number of carbonyl (C=O) groups is 3. The topological polar surface area (TPSA) is 95.5 Å². The fraction of sp³-hybridized carbons (Fsp3) is 0.370. The maximum absolute atomic E-state index is 13.3.